The molecule has 5 heteroatoms. The molecule has 2 aliphatic rings. The third-order valence-corrected chi connectivity index (χ3v) is 4.12. The van der Waals surface area contributed by atoms with E-state index in [4.69, 9.17) is 10.00 Å². The van der Waals surface area contributed by atoms with Gasteiger partial charge in [-0.05, 0) is 30.5 Å². The third kappa shape index (κ3) is 2.21. The number of carbonyl (C=O) groups excluding carboxylic acids is 1. The minimum absolute atomic E-state index is 0.165. The molecule has 98 valence electrons. The summed E-state index contributed by atoms with van der Waals surface area (Å²) in [5.74, 6) is 0.715. The number of nitriles is 1. The second kappa shape index (κ2) is 4.53. The highest BCUT2D eigenvalue weighted by atomic mass is 79.9. The summed E-state index contributed by atoms with van der Waals surface area (Å²) < 4.78 is 6.60. The largest absolute Gasteiger partial charge is 0.493 e. The zero-order chi connectivity index (χ0) is 13.5. The first kappa shape index (κ1) is 12.5. The van der Waals surface area contributed by atoms with Crippen molar-refractivity contribution in [3.05, 3.63) is 27.7 Å². The van der Waals surface area contributed by atoms with Crippen LogP contribution in [0.4, 0.5) is 0 Å². The molecule has 1 aliphatic heterocycles. The zero-order valence-corrected chi connectivity index (χ0v) is 11.9. The van der Waals surface area contributed by atoms with Gasteiger partial charge in [-0.15, -0.1) is 0 Å². The maximum absolute atomic E-state index is 11.9. The molecule has 0 aromatic heterocycles. The topological polar surface area (TPSA) is 62.1 Å². The van der Waals surface area contributed by atoms with Gasteiger partial charge in [0, 0.05) is 23.0 Å². The molecule has 3 rings (SSSR count). The molecule has 0 unspecified atom stereocenters. The summed E-state index contributed by atoms with van der Waals surface area (Å²) in [4.78, 5) is 11.9. The Morgan fingerprint density at radius 2 is 2.32 bits per heavy atom. The number of carbonyl (C=O) groups is 1. The number of ether oxygens (including phenoxy) is 1. The van der Waals surface area contributed by atoms with Crippen LogP contribution in [0, 0.1) is 16.7 Å². The summed E-state index contributed by atoms with van der Waals surface area (Å²) in [6.07, 6.45) is 2.24. The van der Waals surface area contributed by atoms with Gasteiger partial charge in [0.25, 0.3) is 0 Å². The molecule has 1 aliphatic carbocycles. The van der Waals surface area contributed by atoms with E-state index < -0.39 is 5.41 Å². The standard InChI is InChI=1S/C14H13BrN2O2/c15-11-5-9-1-4-19-12(9)10(6-11)7-17-13(18)14(8-16)2-3-14/h5-6H,1-4,7H2,(H,17,18). The third-order valence-electron chi connectivity index (χ3n) is 3.66. The number of hydrogen-bond acceptors (Lipinski definition) is 3. The summed E-state index contributed by atoms with van der Waals surface area (Å²) in [5, 5.41) is 11.8. The van der Waals surface area contributed by atoms with Gasteiger partial charge in [-0.2, -0.15) is 5.26 Å². The van der Waals surface area contributed by atoms with E-state index in [-0.39, 0.29) is 5.91 Å². The number of fused-ring (bicyclic) bond motifs is 1. The second-order valence-corrected chi connectivity index (χ2v) is 5.94. The highest BCUT2D eigenvalue weighted by Gasteiger charge is 2.50. The fraction of sp³-hybridized carbons (Fsp3) is 0.429. The van der Waals surface area contributed by atoms with E-state index in [0.717, 1.165) is 22.2 Å². The van der Waals surface area contributed by atoms with Crippen molar-refractivity contribution in [3.63, 3.8) is 0 Å². The van der Waals surface area contributed by atoms with Gasteiger partial charge in [0.15, 0.2) is 0 Å². The maximum Gasteiger partial charge on any atom is 0.240 e. The number of halogens is 1. The number of nitrogens with one attached hydrogen (secondary N) is 1. The first-order valence-electron chi connectivity index (χ1n) is 6.28. The van der Waals surface area contributed by atoms with Gasteiger partial charge in [0.1, 0.15) is 11.2 Å². The van der Waals surface area contributed by atoms with Crippen molar-refractivity contribution in [2.45, 2.75) is 25.8 Å². The van der Waals surface area contributed by atoms with Gasteiger partial charge in [-0.3, -0.25) is 4.79 Å². The van der Waals surface area contributed by atoms with Crippen LogP contribution in [0.3, 0.4) is 0 Å². The van der Waals surface area contributed by atoms with Crippen molar-refractivity contribution < 1.29 is 9.53 Å². The molecule has 1 aromatic carbocycles. The molecule has 1 fully saturated rings. The first-order valence-corrected chi connectivity index (χ1v) is 7.07. The van der Waals surface area contributed by atoms with Crippen LogP contribution in [-0.4, -0.2) is 12.5 Å². The molecular weight excluding hydrogens is 308 g/mol. The second-order valence-electron chi connectivity index (χ2n) is 5.03. The lowest BCUT2D eigenvalue weighted by Gasteiger charge is -2.12. The molecular formula is C14H13BrN2O2. The minimum Gasteiger partial charge on any atom is -0.493 e. The van der Waals surface area contributed by atoms with E-state index in [1.807, 2.05) is 12.1 Å². The molecule has 1 saturated carbocycles. The molecule has 19 heavy (non-hydrogen) atoms. The van der Waals surface area contributed by atoms with E-state index in [2.05, 4.69) is 27.3 Å². The maximum atomic E-state index is 11.9. The molecule has 1 aromatic rings. The van der Waals surface area contributed by atoms with Crippen LogP contribution in [0.25, 0.3) is 0 Å². The van der Waals surface area contributed by atoms with Crippen LogP contribution in [0.5, 0.6) is 5.75 Å². The van der Waals surface area contributed by atoms with Gasteiger partial charge in [-0.1, -0.05) is 15.9 Å². The summed E-state index contributed by atoms with van der Waals surface area (Å²) in [6, 6.07) is 6.10. The Morgan fingerprint density at radius 3 is 3.00 bits per heavy atom. The van der Waals surface area contributed by atoms with Crippen molar-refractivity contribution in [3.8, 4) is 11.8 Å². The van der Waals surface area contributed by atoms with Crippen LogP contribution in [0.15, 0.2) is 16.6 Å². The van der Waals surface area contributed by atoms with E-state index in [1.54, 1.807) is 0 Å². The fourth-order valence-corrected chi connectivity index (χ4v) is 2.89. The SMILES string of the molecule is N#CC1(C(=O)NCc2cc(Br)cc3c2OCC3)CC1. The highest BCUT2D eigenvalue weighted by Crippen LogP contribution is 2.45. The summed E-state index contributed by atoms with van der Waals surface area (Å²) in [7, 11) is 0. The molecule has 0 atom stereocenters. The molecule has 0 bridgehead atoms. The van der Waals surface area contributed by atoms with Crippen molar-refractivity contribution in [1.29, 1.82) is 5.26 Å². The number of rotatable bonds is 3. The van der Waals surface area contributed by atoms with Crippen LogP contribution in [0.2, 0.25) is 0 Å². The van der Waals surface area contributed by atoms with Gasteiger partial charge in [0.2, 0.25) is 5.91 Å². The molecule has 1 N–H and O–H groups in total. The number of benzene rings is 1. The predicted molar refractivity (Wildman–Crippen MR) is 72.5 cm³/mol. The van der Waals surface area contributed by atoms with Gasteiger partial charge in [0.05, 0.1) is 12.7 Å². The average Bonchev–Trinajstić information content (AvgIpc) is 3.07. The van der Waals surface area contributed by atoms with Gasteiger partial charge >= 0.3 is 0 Å². The molecule has 1 amide bonds. The average molecular weight is 321 g/mol. The summed E-state index contributed by atoms with van der Waals surface area (Å²) in [6.45, 7) is 1.10. The Labute approximate surface area is 119 Å². The fourth-order valence-electron chi connectivity index (χ4n) is 2.34. The van der Waals surface area contributed by atoms with E-state index >= 15 is 0 Å². The summed E-state index contributed by atoms with van der Waals surface area (Å²) >= 11 is 3.47. The Kier molecular flexibility index (Phi) is 2.98. The van der Waals surface area contributed by atoms with E-state index in [1.165, 1.54) is 5.56 Å². The minimum atomic E-state index is -0.768. The number of nitrogens with zero attached hydrogens (tertiary/aromatic N) is 1. The number of hydrogen-bond donors (Lipinski definition) is 1. The van der Waals surface area contributed by atoms with Crippen LogP contribution >= 0.6 is 15.9 Å². The van der Waals surface area contributed by atoms with E-state index in [0.29, 0.717) is 26.0 Å². The lowest BCUT2D eigenvalue weighted by Crippen LogP contribution is -2.30. The molecule has 0 spiro atoms. The Morgan fingerprint density at radius 1 is 1.53 bits per heavy atom. The normalized spacial score (nSPS) is 18.1. The summed E-state index contributed by atoms with van der Waals surface area (Å²) in [5.41, 5.74) is 1.36. The smallest absolute Gasteiger partial charge is 0.240 e. The Balaban J connectivity index is 1.75. The molecule has 4 nitrogen and oxygen atoms in total. The van der Waals surface area contributed by atoms with Crippen molar-refractivity contribution in [1.82, 2.24) is 5.32 Å². The number of amides is 1. The molecule has 0 saturated heterocycles. The van der Waals surface area contributed by atoms with Crippen LogP contribution in [-0.2, 0) is 17.8 Å². The Bertz CT molecular complexity index is 588. The lowest BCUT2D eigenvalue weighted by atomic mass is 10.1. The molecule has 0 radical (unpaired) electrons. The van der Waals surface area contributed by atoms with Gasteiger partial charge in [-0.25, -0.2) is 0 Å². The highest BCUT2D eigenvalue weighted by molar-refractivity contribution is 9.10. The predicted octanol–water partition coefficient (Wildman–Crippen LogP) is 2.30. The van der Waals surface area contributed by atoms with Crippen LogP contribution in [0.1, 0.15) is 24.0 Å². The van der Waals surface area contributed by atoms with Crippen molar-refractivity contribution in [2.24, 2.45) is 5.41 Å². The van der Waals surface area contributed by atoms with E-state index in [9.17, 15) is 4.79 Å². The lowest BCUT2D eigenvalue weighted by molar-refractivity contribution is -0.124. The monoisotopic (exact) mass is 320 g/mol. The van der Waals surface area contributed by atoms with Crippen molar-refractivity contribution >= 4 is 21.8 Å². The van der Waals surface area contributed by atoms with Crippen molar-refractivity contribution in [2.75, 3.05) is 6.61 Å². The quantitative estimate of drug-likeness (QED) is 0.929. The molecule has 1 heterocycles. The first-order chi connectivity index (χ1) is 9.14. The van der Waals surface area contributed by atoms with Gasteiger partial charge < -0.3 is 10.1 Å². The Hall–Kier alpha value is -1.54. The zero-order valence-electron chi connectivity index (χ0n) is 10.3. The van der Waals surface area contributed by atoms with Crippen LogP contribution < -0.4 is 10.1 Å².